The van der Waals surface area contributed by atoms with Gasteiger partial charge in [0.1, 0.15) is 11.6 Å². The van der Waals surface area contributed by atoms with Crippen molar-refractivity contribution in [2.75, 3.05) is 0 Å². The van der Waals surface area contributed by atoms with Crippen LogP contribution in [0.4, 0.5) is 8.78 Å². The first-order valence-corrected chi connectivity index (χ1v) is 4.61. The van der Waals surface area contributed by atoms with Gasteiger partial charge in [0.2, 0.25) is 0 Å². The van der Waals surface area contributed by atoms with Crippen LogP contribution >= 0.6 is 11.6 Å². The molecule has 0 saturated carbocycles. The lowest BCUT2D eigenvalue weighted by molar-refractivity contribution is 0.626. The van der Waals surface area contributed by atoms with Crippen LogP contribution in [-0.4, -0.2) is 4.98 Å². The maximum atomic E-state index is 12.9. The molecule has 1 nitrogen and oxygen atoms in total. The fourth-order valence-electron chi connectivity index (χ4n) is 1.22. The zero-order valence-corrected chi connectivity index (χ0v) is 8.30. The van der Waals surface area contributed by atoms with E-state index in [9.17, 15) is 8.78 Å². The average molecular weight is 226 g/mol. The minimum absolute atomic E-state index is 0.00133. The standard InChI is InChI=1S/C11H6ClF2N/c12-9-5-7(1-2-10(9)14)11-6-8(13)3-4-15-11/h1-6H. The third-order valence-electron chi connectivity index (χ3n) is 1.94. The lowest BCUT2D eigenvalue weighted by atomic mass is 10.1. The fraction of sp³-hybridized carbons (Fsp3) is 0. The van der Waals surface area contributed by atoms with Crippen LogP contribution in [0, 0.1) is 11.6 Å². The Balaban J connectivity index is 2.50. The van der Waals surface area contributed by atoms with E-state index in [1.807, 2.05) is 0 Å². The first-order chi connectivity index (χ1) is 7.16. The van der Waals surface area contributed by atoms with E-state index in [2.05, 4.69) is 4.98 Å². The van der Waals surface area contributed by atoms with Gasteiger partial charge in [0.15, 0.2) is 0 Å². The number of nitrogens with zero attached hydrogens (tertiary/aromatic N) is 1. The van der Waals surface area contributed by atoms with E-state index < -0.39 is 5.82 Å². The number of aromatic nitrogens is 1. The highest BCUT2D eigenvalue weighted by Crippen LogP contribution is 2.23. The van der Waals surface area contributed by atoms with E-state index in [-0.39, 0.29) is 10.8 Å². The summed E-state index contributed by atoms with van der Waals surface area (Å²) in [6, 6.07) is 6.66. The largest absolute Gasteiger partial charge is 0.256 e. The van der Waals surface area contributed by atoms with Crippen LogP contribution in [0.1, 0.15) is 0 Å². The molecule has 0 bridgehead atoms. The summed E-state index contributed by atoms with van der Waals surface area (Å²) in [6.07, 6.45) is 1.35. The number of pyridine rings is 1. The summed E-state index contributed by atoms with van der Waals surface area (Å²) in [7, 11) is 0. The molecule has 4 heteroatoms. The molecule has 1 aromatic heterocycles. The van der Waals surface area contributed by atoms with Crippen molar-refractivity contribution in [1.82, 2.24) is 4.98 Å². The van der Waals surface area contributed by atoms with Crippen LogP contribution in [0.15, 0.2) is 36.5 Å². The minimum Gasteiger partial charge on any atom is -0.256 e. The molecule has 0 aliphatic rings. The van der Waals surface area contributed by atoms with Gasteiger partial charge in [0.05, 0.1) is 10.7 Å². The summed E-state index contributed by atoms with van der Waals surface area (Å²) in [4.78, 5) is 3.96. The maximum absolute atomic E-state index is 12.9. The number of rotatable bonds is 1. The molecule has 0 aliphatic heterocycles. The molecule has 0 amide bonds. The van der Waals surface area contributed by atoms with E-state index >= 15 is 0 Å². The topological polar surface area (TPSA) is 12.9 Å². The molecule has 0 radical (unpaired) electrons. The van der Waals surface area contributed by atoms with E-state index in [1.54, 1.807) is 0 Å². The Hall–Kier alpha value is -1.48. The van der Waals surface area contributed by atoms with Crippen LogP contribution in [-0.2, 0) is 0 Å². The van der Waals surface area contributed by atoms with E-state index in [0.717, 1.165) is 0 Å². The fourth-order valence-corrected chi connectivity index (χ4v) is 1.40. The summed E-state index contributed by atoms with van der Waals surface area (Å²) < 4.78 is 25.8. The number of halogens is 3. The second-order valence-corrected chi connectivity index (χ2v) is 3.40. The number of hydrogen-bond donors (Lipinski definition) is 0. The van der Waals surface area contributed by atoms with Crippen LogP contribution in [0.3, 0.4) is 0 Å². The highest BCUT2D eigenvalue weighted by molar-refractivity contribution is 6.31. The Bertz CT molecular complexity index is 500. The highest BCUT2D eigenvalue weighted by Gasteiger charge is 2.04. The molecule has 0 aliphatic carbocycles. The molecule has 0 unspecified atom stereocenters. The van der Waals surface area contributed by atoms with Gasteiger partial charge in [-0.3, -0.25) is 4.98 Å². The molecule has 1 heterocycles. The van der Waals surface area contributed by atoms with Crippen LogP contribution in [0.5, 0.6) is 0 Å². The Morgan fingerprint density at radius 1 is 1.07 bits per heavy atom. The number of benzene rings is 1. The van der Waals surface area contributed by atoms with Gasteiger partial charge in [-0.05, 0) is 24.3 Å². The SMILES string of the molecule is Fc1ccnc(-c2ccc(F)c(Cl)c2)c1. The molecule has 0 fully saturated rings. The predicted molar refractivity (Wildman–Crippen MR) is 54.6 cm³/mol. The highest BCUT2D eigenvalue weighted by atomic mass is 35.5. The van der Waals surface area contributed by atoms with Crippen molar-refractivity contribution >= 4 is 11.6 Å². The third kappa shape index (κ3) is 2.13. The Kier molecular flexibility index (Phi) is 2.64. The van der Waals surface area contributed by atoms with Crippen LogP contribution < -0.4 is 0 Å². The first-order valence-electron chi connectivity index (χ1n) is 4.24. The molecule has 2 rings (SSSR count). The summed E-state index contributed by atoms with van der Waals surface area (Å²) in [5.41, 5.74) is 1.01. The molecule has 76 valence electrons. The summed E-state index contributed by atoms with van der Waals surface area (Å²) in [5.74, 6) is -0.891. The smallest absolute Gasteiger partial charge is 0.141 e. The zero-order valence-electron chi connectivity index (χ0n) is 7.55. The molecule has 1 aromatic carbocycles. The van der Waals surface area contributed by atoms with Crippen molar-refractivity contribution in [3.8, 4) is 11.3 Å². The van der Waals surface area contributed by atoms with Gasteiger partial charge < -0.3 is 0 Å². The van der Waals surface area contributed by atoms with Crippen molar-refractivity contribution in [1.29, 1.82) is 0 Å². The Morgan fingerprint density at radius 2 is 1.87 bits per heavy atom. The van der Waals surface area contributed by atoms with Gasteiger partial charge in [-0.25, -0.2) is 8.78 Å². The van der Waals surface area contributed by atoms with Crippen LogP contribution in [0.25, 0.3) is 11.3 Å². The van der Waals surface area contributed by atoms with Crippen molar-refractivity contribution < 1.29 is 8.78 Å². The molecule has 2 aromatic rings. The number of hydrogen-bond acceptors (Lipinski definition) is 1. The van der Waals surface area contributed by atoms with Gasteiger partial charge in [-0.1, -0.05) is 11.6 Å². The Labute approximate surface area is 90.3 Å². The van der Waals surface area contributed by atoms with Crippen molar-refractivity contribution in [3.63, 3.8) is 0 Å². The molecular weight excluding hydrogens is 220 g/mol. The lowest BCUT2D eigenvalue weighted by Crippen LogP contribution is -1.86. The predicted octanol–water partition coefficient (Wildman–Crippen LogP) is 3.68. The molecule has 0 atom stereocenters. The van der Waals surface area contributed by atoms with Gasteiger partial charge in [-0.15, -0.1) is 0 Å². The summed E-state index contributed by atoms with van der Waals surface area (Å²) in [6.45, 7) is 0. The van der Waals surface area contributed by atoms with Gasteiger partial charge in [0, 0.05) is 17.8 Å². The van der Waals surface area contributed by atoms with E-state index in [1.165, 1.54) is 36.5 Å². The second-order valence-electron chi connectivity index (χ2n) is 2.99. The zero-order chi connectivity index (χ0) is 10.8. The van der Waals surface area contributed by atoms with Crippen LogP contribution in [0.2, 0.25) is 5.02 Å². The normalized spacial score (nSPS) is 10.3. The summed E-state index contributed by atoms with van der Waals surface area (Å²) >= 11 is 5.61. The molecule has 0 N–H and O–H groups in total. The molecule has 15 heavy (non-hydrogen) atoms. The third-order valence-corrected chi connectivity index (χ3v) is 2.23. The van der Waals surface area contributed by atoms with E-state index in [4.69, 9.17) is 11.6 Å². The second kappa shape index (κ2) is 3.95. The quantitative estimate of drug-likeness (QED) is 0.722. The first kappa shape index (κ1) is 10.1. The van der Waals surface area contributed by atoms with Gasteiger partial charge in [-0.2, -0.15) is 0 Å². The monoisotopic (exact) mass is 225 g/mol. The van der Waals surface area contributed by atoms with Gasteiger partial charge in [0.25, 0.3) is 0 Å². The minimum atomic E-state index is -0.503. The Morgan fingerprint density at radius 3 is 2.53 bits per heavy atom. The molecule has 0 spiro atoms. The lowest BCUT2D eigenvalue weighted by Gasteiger charge is -2.01. The van der Waals surface area contributed by atoms with Gasteiger partial charge >= 0.3 is 0 Å². The van der Waals surface area contributed by atoms with Crippen molar-refractivity contribution in [2.45, 2.75) is 0 Å². The maximum Gasteiger partial charge on any atom is 0.141 e. The average Bonchev–Trinajstić information content (AvgIpc) is 2.22. The van der Waals surface area contributed by atoms with Crippen molar-refractivity contribution in [3.05, 3.63) is 53.2 Å². The molecular formula is C11H6ClF2N. The molecule has 0 saturated heterocycles. The van der Waals surface area contributed by atoms with E-state index in [0.29, 0.717) is 11.3 Å². The van der Waals surface area contributed by atoms with Crippen molar-refractivity contribution in [2.24, 2.45) is 0 Å². The summed E-state index contributed by atoms with van der Waals surface area (Å²) in [5, 5.41) is -0.00133.